The van der Waals surface area contributed by atoms with Crippen molar-refractivity contribution in [1.29, 1.82) is 0 Å². The maximum absolute atomic E-state index is 14.4. The molecule has 7 nitrogen and oxygen atoms in total. The van der Waals surface area contributed by atoms with Gasteiger partial charge in [-0.3, -0.25) is 9.59 Å². The molecular weight excluding hydrogens is 512 g/mol. The molecule has 7 heteroatoms. The van der Waals surface area contributed by atoms with E-state index in [1.165, 1.54) is 4.90 Å². The van der Waals surface area contributed by atoms with E-state index in [0.717, 1.165) is 90.9 Å². The van der Waals surface area contributed by atoms with Gasteiger partial charge in [0.2, 0.25) is 17.8 Å². The molecule has 2 unspecified atom stereocenters. The van der Waals surface area contributed by atoms with Crippen molar-refractivity contribution >= 4 is 39.7 Å². The Morgan fingerprint density at radius 2 is 1.17 bits per heavy atom. The van der Waals surface area contributed by atoms with Crippen molar-refractivity contribution in [3.05, 3.63) is 72.8 Å². The lowest BCUT2D eigenvalue weighted by Gasteiger charge is -2.44. The predicted molar refractivity (Wildman–Crippen MR) is 157 cm³/mol. The number of anilines is 1. The highest BCUT2D eigenvalue weighted by atomic mass is 16.3. The van der Waals surface area contributed by atoms with Crippen molar-refractivity contribution in [1.82, 2.24) is 15.0 Å². The molecular formula is C34H30N4O3. The summed E-state index contributed by atoms with van der Waals surface area (Å²) in [7, 11) is 0. The number of hydrogen-bond donors (Lipinski definition) is 0. The van der Waals surface area contributed by atoms with E-state index in [1.807, 2.05) is 72.8 Å². The van der Waals surface area contributed by atoms with E-state index in [0.29, 0.717) is 11.6 Å². The van der Waals surface area contributed by atoms with Gasteiger partial charge in [-0.25, -0.2) is 9.88 Å². The molecule has 2 amide bonds. The molecule has 2 atom stereocenters. The first-order valence-electron chi connectivity index (χ1n) is 14.7. The summed E-state index contributed by atoms with van der Waals surface area (Å²) in [5.41, 5.74) is 1.78. The van der Waals surface area contributed by atoms with Crippen LogP contribution in [0.4, 0.5) is 5.95 Å². The lowest BCUT2D eigenvalue weighted by Crippen LogP contribution is -2.46. The summed E-state index contributed by atoms with van der Waals surface area (Å²) in [5, 5.41) is 2.05. The van der Waals surface area contributed by atoms with Gasteiger partial charge in [0.1, 0.15) is 11.2 Å². The zero-order chi connectivity index (χ0) is 27.6. The van der Waals surface area contributed by atoms with Crippen LogP contribution in [0.3, 0.4) is 0 Å². The second kappa shape index (κ2) is 9.06. The first kappa shape index (κ1) is 24.4. The molecule has 3 heterocycles. The van der Waals surface area contributed by atoms with Crippen molar-refractivity contribution in [3.8, 4) is 22.8 Å². The maximum atomic E-state index is 14.4. The Balaban J connectivity index is 1.31. The topological polar surface area (TPSA) is 89.2 Å². The second-order valence-electron chi connectivity index (χ2n) is 11.8. The van der Waals surface area contributed by atoms with E-state index in [9.17, 15) is 9.59 Å². The van der Waals surface area contributed by atoms with E-state index in [4.69, 9.17) is 19.4 Å². The average molecular weight is 543 g/mol. The standard InChI is InChI=1S/C34H30N4O3/c39-30-33-17-7-2-8-18-34(33,20-10-9-19-33)31(40)38(30)32-36-28(22-11-3-1-4-12-22)35-29(37-32)23-15-16-25-24-13-5-6-14-26(24)41-27(25)21-23/h1,3-6,11-16,21H,2,7-10,17-20H2. The summed E-state index contributed by atoms with van der Waals surface area (Å²) in [6.45, 7) is 0. The van der Waals surface area contributed by atoms with Crippen LogP contribution in [0.5, 0.6) is 0 Å². The van der Waals surface area contributed by atoms with Gasteiger partial charge in [0.05, 0.1) is 10.8 Å². The van der Waals surface area contributed by atoms with Gasteiger partial charge < -0.3 is 4.42 Å². The average Bonchev–Trinajstić information content (AvgIpc) is 3.37. The van der Waals surface area contributed by atoms with E-state index in [-0.39, 0.29) is 17.8 Å². The number of amides is 2. The number of fused-ring (bicyclic) bond motifs is 3. The molecule has 0 radical (unpaired) electrons. The molecule has 1 aliphatic heterocycles. The molecule has 204 valence electrons. The van der Waals surface area contributed by atoms with Gasteiger partial charge >= 0.3 is 0 Å². The Morgan fingerprint density at radius 3 is 1.88 bits per heavy atom. The first-order chi connectivity index (χ1) is 20.1. The van der Waals surface area contributed by atoms with Gasteiger partial charge in [-0.2, -0.15) is 9.97 Å². The highest BCUT2D eigenvalue weighted by Gasteiger charge is 2.69. The van der Waals surface area contributed by atoms with Crippen molar-refractivity contribution in [2.45, 2.75) is 57.8 Å². The van der Waals surface area contributed by atoms with Gasteiger partial charge in [0.25, 0.3) is 0 Å². The Morgan fingerprint density at radius 1 is 0.585 bits per heavy atom. The zero-order valence-electron chi connectivity index (χ0n) is 22.8. The summed E-state index contributed by atoms with van der Waals surface area (Å²) in [5.74, 6) is 0.728. The molecule has 3 aliphatic rings. The summed E-state index contributed by atoms with van der Waals surface area (Å²) in [6, 6.07) is 23.5. The van der Waals surface area contributed by atoms with Crippen LogP contribution in [0.15, 0.2) is 77.2 Å². The van der Waals surface area contributed by atoms with E-state index >= 15 is 0 Å². The SMILES string of the molecule is O=C1N(c2nc(-c3ccccc3)nc(-c3ccc4c(c3)oc3ccccc34)n2)C(=O)C23CCCCCC12CCCC3. The number of carbonyl (C=O) groups is 2. The number of aromatic nitrogens is 3. The van der Waals surface area contributed by atoms with Crippen molar-refractivity contribution in [2.75, 3.05) is 4.90 Å². The molecule has 3 fully saturated rings. The van der Waals surface area contributed by atoms with Crippen LogP contribution in [-0.4, -0.2) is 26.8 Å². The third-order valence-corrected chi connectivity index (χ3v) is 9.80. The fourth-order valence-corrected chi connectivity index (χ4v) is 7.81. The molecule has 2 aromatic heterocycles. The number of furan rings is 1. The molecule has 5 aromatic rings. The fraction of sp³-hybridized carbons (Fsp3) is 0.324. The number of benzene rings is 3. The summed E-state index contributed by atoms with van der Waals surface area (Å²) in [4.78, 5) is 44.6. The monoisotopic (exact) mass is 542 g/mol. The maximum Gasteiger partial charge on any atom is 0.243 e. The van der Waals surface area contributed by atoms with Gasteiger partial charge in [-0.15, -0.1) is 0 Å². The molecule has 0 bridgehead atoms. The highest BCUT2D eigenvalue weighted by molar-refractivity contribution is 6.24. The minimum Gasteiger partial charge on any atom is -0.456 e. The summed E-state index contributed by atoms with van der Waals surface area (Å²) < 4.78 is 6.14. The molecule has 3 aromatic carbocycles. The minimum absolute atomic E-state index is 0.118. The van der Waals surface area contributed by atoms with Gasteiger partial charge in [0, 0.05) is 21.9 Å². The van der Waals surface area contributed by atoms with Crippen LogP contribution in [-0.2, 0) is 9.59 Å². The Labute approximate surface area is 237 Å². The molecule has 0 N–H and O–H groups in total. The highest BCUT2D eigenvalue weighted by Crippen LogP contribution is 2.63. The van der Waals surface area contributed by atoms with Crippen LogP contribution in [0.2, 0.25) is 0 Å². The third kappa shape index (κ3) is 3.47. The van der Waals surface area contributed by atoms with Gasteiger partial charge in [0.15, 0.2) is 11.6 Å². The number of nitrogens with zero attached hydrogens (tertiary/aromatic N) is 4. The van der Waals surface area contributed by atoms with E-state index in [2.05, 4.69) is 0 Å². The van der Waals surface area contributed by atoms with Crippen molar-refractivity contribution in [2.24, 2.45) is 10.8 Å². The molecule has 2 saturated carbocycles. The van der Waals surface area contributed by atoms with Crippen LogP contribution >= 0.6 is 0 Å². The quantitative estimate of drug-likeness (QED) is 0.220. The van der Waals surface area contributed by atoms with Crippen LogP contribution in [0, 0.1) is 10.8 Å². The largest absolute Gasteiger partial charge is 0.456 e. The minimum atomic E-state index is -0.647. The van der Waals surface area contributed by atoms with Crippen molar-refractivity contribution < 1.29 is 14.0 Å². The summed E-state index contributed by atoms with van der Waals surface area (Å²) >= 11 is 0. The number of imide groups is 1. The number of carbonyl (C=O) groups excluding carboxylic acids is 2. The Kier molecular flexibility index (Phi) is 5.39. The number of hydrogen-bond acceptors (Lipinski definition) is 6. The van der Waals surface area contributed by atoms with Crippen LogP contribution in [0.1, 0.15) is 57.8 Å². The fourth-order valence-electron chi connectivity index (χ4n) is 7.81. The number of para-hydroxylation sites is 1. The number of rotatable bonds is 3. The second-order valence-corrected chi connectivity index (χ2v) is 11.8. The van der Waals surface area contributed by atoms with E-state index < -0.39 is 10.8 Å². The molecule has 2 aliphatic carbocycles. The normalized spacial score (nSPS) is 24.4. The lowest BCUT2D eigenvalue weighted by molar-refractivity contribution is -0.140. The molecule has 41 heavy (non-hydrogen) atoms. The van der Waals surface area contributed by atoms with Crippen LogP contribution in [0.25, 0.3) is 44.7 Å². The molecule has 8 rings (SSSR count). The summed E-state index contributed by atoms with van der Waals surface area (Å²) in [6.07, 6.45) is 8.03. The third-order valence-electron chi connectivity index (χ3n) is 9.80. The van der Waals surface area contributed by atoms with Crippen molar-refractivity contribution in [3.63, 3.8) is 0 Å². The van der Waals surface area contributed by atoms with Crippen LogP contribution < -0.4 is 4.90 Å². The lowest BCUT2D eigenvalue weighted by atomic mass is 9.55. The van der Waals surface area contributed by atoms with E-state index in [1.54, 1.807) is 0 Å². The van der Waals surface area contributed by atoms with Gasteiger partial charge in [-0.1, -0.05) is 86.7 Å². The predicted octanol–water partition coefficient (Wildman–Crippen LogP) is 7.49. The Hall–Kier alpha value is -4.39. The molecule has 1 saturated heterocycles. The zero-order valence-corrected chi connectivity index (χ0v) is 22.8. The smallest absolute Gasteiger partial charge is 0.243 e. The van der Waals surface area contributed by atoms with Gasteiger partial charge in [-0.05, 0) is 43.9 Å². The Bertz CT molecular complexity index is 1810. The first-order valence-corrected chi connectivity index (χ1v) is 14.7. The molecule has 0 spiro atoms.